The van der Waals surface area contributed by atoms with Crippen LogP contribution in [-0.2, 0) is 0 Å². The molecule has 2 nitrogen and oxygen atoms in total. The van der Waals surface area contributed by atoms with Gasteiger partial charge in [-0.3, -0.25) is 0 Å². The Labute approximate surface area is 401 Å². The summed E-state index contributed by atoms with van der Waals surface area (Å²) in [4.78, 5) is 4.95. The van der Waals surface area contributed by atoms with Crippen LogP contribution in [-0.4, -0.2) is 6.04 Å². The first-order valence-corrected chi connectivity index (χ1v) is 23.8. The van der Waals surface area contributed by atoms with Crippen molar-refractivity contribution >= 4 is 33.9 Å². The molecule has 11 rings (SSSR count). The van der Waals surface area contributed by atoms with E-state index in [1.165, 1.54) is 66.9 Å². The van der Waals surface area contributed by atoms with Crippen molar-refractivity contribution < 1.29 is 0 Å². The van der Waals surface area contributed by atoms with Crippen molar-refractivity contribution in [3.63, 3.8) is 0 Å². The first-order valence-electron chi connectivity index (χ1n) is 23.8. The summed E-state index contributed by atoms with van der Waals surface area (Å²) >= 11 is 0. The lowest BCUT2D eigenvalue weighted by Crippen LogP contribution is -2.33. The highest BCUT2D eigenvalue weighted by Crippen LogP contribution is 2.48. The van der Waals surface area contributed by atoms with E-state index in [-0.39, 0.29) is 12.0 Å². The molecular weight excluding hydrogens is 821 g/mol. The number of allylic oxidation sites excluding steroid dienone is 5. The maximum Gasteiger partial charge on any atom is 0.0572 e. The molecule has 0 spiro atoms. The van der Waals surface area contributed by atoms with Crippen molar-refractivity contribution in [2.24, 2.45) is 5.92 Å². The monoisotopic (exact) mass is 872 g/mol. The minimum Gasteiger partial charge on any atom is -0.334 e. The topological polar surface area (TPSA) is 6.48 Å². The smallest absolute Gasteiger partial charge is 0.0572 e. The Balaban J connectivity index is 1.00. The average Bonchev–Trinajstić information content (AvgIpc) is 3.43. The number of rotatable bonds is 12. The van der Waals surface area contributed by atoms with Crippen molar-refractivity contribution in [3.05, 3.63) is 301 Å². The molecule has 2 aliphatic carbocycles. The van der Waals surface area contributed by atoms with Crippen LogP contribution in [0.25, 0.3) is 44.5 Å². The Bertz CT molecular complexity index is 3130. The minimum atomic E-state index is 0.0143. The van der Waals surface area contributed by atoms with Crippen molar-refractivity contribution in [3.8, 4) is 33.4 Å². The maximum absolute atomic E-state index is 2.56. The van der Waals surface area contributed by atoms with E-state index in [9.17, 15) is 0 Å². The fourth-order valence-corrected chi connectivity index (χ4v) is 10.1. The van der Waals surface area contributed by atoms with Crippen molar-refractivity contribution in [2.75, 3.05) is 9.80 Å². The molecule has 2 unspecified atom stereocenters. The van der Waals surface area contributed by atoms with Crippen LogP contribution in [0, 0.1) is 5.92 Å². The average molecular weight is 873 g/mol. The minimum absolute atomic E-state index is 0.0143. The van der Waals surface area contributed by atoms with Crippen LogP contribution in [0.5, 0.6) is 0 Å². The van der Waals surface area contributed by atoms with Gasteiger partial charge in [0.25, 0.3) is 0 Å². The van der Waals surface area contributed by atoms with Gasteiger partial charge in [0.2, 0.25) is 0 Å². The quantitative estimate of drug-likeness (QED) is 0.121. The normalized spacial score (nSPS) is 15.6. The van der Waals surface area contributed by atoms with Gasteiger partial charge in [0.1, 0.15) is 0 Å². The fraction of sp³-hybridized carbons (Fsp3) is 0.0606. The van der Waals surface area contributed by atoms with Gasteiger partial charge in [-0.1, -0.05) is 224 Å². The van der Waals surface area contributed by atoms with Crippen molar-refractivity contribution in [1.82, 2.24) is 0 Å². The van der Waals surface area contributed by atoms with Crippen LogP contribution in [0.3, 0.4) is 0 Å². The van der Waals surface area contributed by atoms with Gasteiger partial charge in [-0.25, -0.2) is 0 Å². The summed E-state index contributed by atoms with van der Waals surface area (Å²) in [6.07, 6.45) is 11.5. The third-order valence-corrected chi connectivity index (χ3v) is 13.4. The highest BCUT2D eigenvalue weighted by Gasteiger charge is 2.33. The number of para-hydroxylation sites is 1. The lowest BCUT2D eigenvalue weighted by Gasteiger charge is -2.39. The summed E-state index contributed by atoms with van der Waals surface area (Å²) in [6.45, 7) is 0. The largest absolute Gasteiger partial charge is 0.334 e. The lowest BCUT2D eigenvalue weighted by atomic mass is 9.74. The molecule has 9 aromatic rings. The number of nitrogens with zero attached hydrogens (tertiary/aromatic N) is 2. The molecule has 0 bridgehead atoms. The maximum atomic E-state index is 2.56. The Morgan fingerprint density at radius 3 is 1.13 bits per heavy atom. The molecule has 68 heavy (non-hydrogen) atoms. The molecule has 0 radical (unpaired) electrons. The Kier molecular flexibility index (Phi) is 12.1. The molecule has 9 aromatic carbocycles. The van der Waals surface area contributed by atoms with E-state index in [1.807, 2.05) is 0 Å². The van der Waals surface area contributed by atoms with Gasteiger partial charge >= 0.3 is 0 Å². The van der Waals surface area contributed by atoms with Gasteiger partial charge in [-0.2, -0.15) is 0 Å². The molecule has 0 saturated heterocycles. The molecule has 326 valence electrons. The van der Waals surface area contributed by atoms with Crippen LogP contribution in [0.1, 0.15) is 24.0 Å². The summed E-state index contributed by atoms with van der Waals surface area (Å²) in [5.74, 6) is 0.156. The van der Waals surface area contributed by atoms with Gasteiger partial charge in [0.15, 0.2) is 0 Å². The van der Waals surface area contributed by atoms with Gasteiger partial charge in [0.05, 0.1) is 6.04 Å². The van der Waals surface area contributed by atoms with Crippen molar-refractivity contribution in [1.29, 1.82) is 0 Å². The third-order valence-electron chi connectivity index (χ3n) is 13.4. The predicted octanol–water partition coefficient (Wildman–Crippen LogP) is 17.4. The Hall–Kier alpha value is -8.46. The van der Waals surface area contributed by atoms with E-state index in [2.05, 4.69) is 289 Å². The molecule has 2 atom stereocenters. The van der Waals surface area contributed by atoms with E-state index in [0.29, 0.717) is 0 Å². The van der Waals surface area contributed by atoms with E-state index >= 15 is 0 Å². The molecule has 0 amide bonds. The highest BCUT2D eigenvalue weighted by molar-refractivity contribution is 5.94. The Morgan fingerprint density at radius 1 is 0.338 bits per heavy atom. The summed E-state index contributed by atoms with van der Waals surface area (Å²) in [5, 5.41) is 0. The third kappa shape index (κ3) is 8.93. The zero-order valence-electron chi connectivity index (χ0n) is 38.0. The highest BCUT2D eigenvalue weighted by atomic mass is 15.2. The van der Waals surface area contributed by atoms with Crippen LogP contribution < -0.4 is 9.80 Å². The molecule has 2 heteroatoms. The summed E-state index contributed by atoms with van der Waals surface area (Å²) in [7, 11) is 0. The standard InChI is InChI=1S/C66H52N2/c1-7-19-49(20-8-1)52-31-39-59(40-32-52)67(58-29-17-6-18-30-58)60-45-37-57(38-46-60)66-64(55-25-13-4-14-26-55)47-63(48-65(66)56-27-15-5-16-28-56)68(61-41-33-53(34-42-61)50-21-9-2-10-22-50)62-43-35-54(36-44-62)51-23-11-3-12-24-51/h1-37,39-47,57,63H,38,48H2. The van der Waals surface area contributed by atoms with Gasteiger partial charge in [-0.15, -0.1) is 0 Å². The number of hydrogen-bond donors (Lipinski definition) is 0. The van der Waals surface area contributed by atoms with Crippen LogP contribution >= 0.6 is 0 Å². The molecule has 0 fully saturated rings. The van der Waals surface area contributed by atoms with Crippen LogP contribution in [0.2, 0.25) is 0 Å². The van der Waals surface area contributed by atoms with Gasteiger partial charge in [-0.05, 0) is 129 Å². The molecule has 2 aliphatic rings. The van der Waals surface area contributed by atoms with Crippen LogP contribution in [0.15, 0.2) is 290 Å². The van der Waals surface area contributed by atoms with E-state index < -0.39 is 0 Å². The summed E-state index contributed by atoms with van der Waals surface area (Å²) in [6, 6.07) is 92.1. The second kappa shape index (κ2) is 19.6. The van der Waals surface area contributed by atoms with Gasteiger partial charge in [0, 0.05) is 34.4 Å². The molecule has 0 saturated carbocycles. The fourth-order valence-electron chi connectivity index (χ4n) is 10.1. The van der Waals surface area contributed by atoms with E-state index in [4.69, 9.17) is 0 Å². The van der Waals surface area contributed by atoms with Gasteiger partial charge < -0.3 is 9.80 Å². The van der Waals surface area contributed by atoms with E-state index in [0.717, 1.165) is 35.6 Å². The van der Waals surface area contributed by atoms with Crippen LogP contribution in [0.4, 0.5) is 22.7 Å². The van der Waals surface area contributed by atoms with E-state index in [1.54, 1.807) is 0 Å². The summed E-state index contributed by atoms with van der Waals surface area (Å²) < 4.78 is 0. The summed E-state index contributed by atoms with van der Waals surface area (Å²) in [5.41, 5.74) is 19.6. The zero-order chi connectivity index (χ0) is 45.5. The zero-order valence-corrected chi connectivity index (χ0v) is 38.0. The SMILES string of the molecule is C1=CC(C2=C(c3ccccc3)CC(N(c3ccc(-c4ccccc4)cc3)c3ccc(-c4ccccc4)cc3)C=C2c2ccccc2)CC=C1N(c1ccccc1)c1ccc(-c2ccccc2)cc1. The first-order chi connectivity index (χ1) is 33.7. The first kappa shape index (κ1) is 42.2. The lowest BCUT2D eigenvalue weighted by molar-refractivity contribution is 0.744. The number of anilines is 4. The molecule has 0 aliphatic heterocycles. The Morgan fingerprint density at radius 2 is 0.706 bits per heavy atom. The second-order valence-corrected chi connectivity index (χ2v) is 17.6. The number of benzene rings is 9. The van der Waals surface area contributed by atoms with Crippen molar-refractivity contribution in [2.45, 2.75) is 18.9 Å². The molecule has 0 N–H and O–H groups in total. The molecule has 0 aromatic heterocycles. The molecular formula is C66H52N2. The number of hydrogen-bond acceptors (Lipinski definition) is 2. The second-order valence-electron chi connectivity index (χ2n) is 17.6. The predicted molar refractivity (Wildman–Crippen MR) is 288 cm³/mol. The molecule has 0 heterocycles.